The number of benzene rings is 1. The summed E-state index contributed by atoms with van der Waals surface area (Å²) in [5.41, 5.74) is 7.68. The highest BCUT2D eigenvalue weighted by Crippen LogP contribution is 2.14. The normalized spacial score (nSPS) is 11.3. The topological polar surface area (TPSA) is 107 Å². The first kappa shape index (κ1) is 14.6. The molecule has 0 atom stereocenters. The predicted octanol–water partition coefficient (Wildman–Crippen LogP) is -0.466. The molecule has 2 aromatic rings. The lowest BCUT2D eigenvalue weighted by molar-refractivity contribution is -0.365. The number of aryl methyl sites for hydroxylation is 1. The monoisotopic (exact) mass is 288 g/mol. The van der Waals surface area contributed by atoms with Crippen molar-refractivity contribution in [2.45, 2.75) is 13.8 Å². The van der Waals surface area contributed by atoms with Crippen LogP contribution < -0.4 is 26.3 Å². The fourth-order valence-electron chi connectivity index (χ4n) is 1.69. The predicted molar refractivity (Wildman–Crippen MR) is 80.8 cm³/mol. The van der Waals surface area contributed by atoms with E-state index in [1.54, 1.807) is 21.0 Å². The van der Waals surface area contributed by atoms with Crippen molar-refractivity contribution in [3.05, 3.63) is 45.9 Å². The molecule has 0 aliphatic rings. The van der Waals surface area contributed by atoms with Gasteiger partial charge in [-0.25, -0.2) is 9.98 Å². The number of nitrogens with zero attached hydrogens (tertiary/aromatic N) is 1. The number of anilines is 1. The third-order valence-electron chi connectivity index (χ3n) is 3.02. The van der Waals surface area contributed by atoms with Crippen LogP contribution in [0.2, 0.25) is 0 Å². The fourth-order valence-corrected chi connectivity index (χ4v) is 1.69. The van der Waals surface area contributed by atoms with E-state index in [1.165, 1.54) is 0 Å². The largest absolute Gasteiger partial charge is 0.497 e. The van der Waals surface area contributed by atoms with Gasteiger partial charge in [-0.2, -0.15) is 0 Å². The molecule has 0 saturated carbocycles. The van der Waals surface area contributed by atoms with Gasteiger partial charge in [0.2, 0.25) is 0 Å². The Labute approximate surface area is 121 Å². The number of nitrogens with two attached hydrogens (primary N) is 1. The smallest absolute Gasteiger partial charge is 0.325 e. The second-order valence-corrected chi connectivity index (χ2v) is 4.52. The van der Waals surface area contributed by atoms with Crippen LogP contribution in [0.4, 0.5) is 11.6 Å². The van der Waals surface area contributed by atoms with Gasteiger partial charge in [-0.15, -0.1) is 4.98 Å². The van der Waals surface area contributed by atoms with E-state index < -0.39 is 0 Å². The SMILES string of the molecule is COc1ccc(NC(N)=[NH+]c2nc(C)c(C)c(=O)[nH]2)cc1. The molecule has 0 aliphatic carbocycles. The number of hydrogen-bond donors (Lipinski definition) is 4. The summed E-state index contributed by atoms with van der Waals surface area (Å²) in [5.74, 6) is 1.31. The number of guanidine groups is 1. The first-order chi connectivity index (χ1) is 9.99. The number of H-pyrrole nitrogens is 1. The second kappa shape index (κ2) is 6.08. The average Bonchev–Trinajstić information content (AvgIpc) is 2.45. The minimum absolute atomic E-state index is 0.192. The Morgan fingerprint density at radius 1 is 1.33 bits per heavy atom. The number of rotatable bonds is 3. The van der Waals surface area contributed by atoms with Crippen LogP contribution in [0.3, 0.4) is 0 Å². The van der Waals surface area contributed by atoms with Crippen molar-refractivity contribution in [2.75, 3.05) is 12.4 Å². The Balaban J connectivity index is 2.18. The van der Waals surface area contributed by atoms with E-state index in [9.17, 15) is 4.79 Å². The Morgan fingerprint density at radius 2 is 2.00 bits per heavy atom. The molecule has 0 amide bonds. The molecule has 2 rings (SSSR count). The van der Waals surface area contributed by atoms with E-state index in [0.29, 0.717) is 17.2 Å². The quantitative estimate of drug-likeness (QED) is 0.451. The van der Waals surface area contributed by atoms with E-state index in [0.717, 1.165) is 11.4 Å². The summed E-state index contributed by atoms with van der Waals surface area (Å²) in [6.07, 6.45) is 0. The maximum atomic E-state index is 11.7. The van der Waals surface area contributed by atoms with Crippen LogP contribution in [-0.4, -0.2) is 23.0 Å². The number of aromatic nitrogens is 2. The number of aromatic amines is 1. The molecule has 7 nitrogen and oxygen atoms in total. The van der Waals surface area contributed by atoms with Crippen molar-refractivity contribution in [2.24, 2.45) is 5.73 Å². The standard InChI is InChI=1S/C14H17N5O2/c1-8-9(2)16-14(18-12(8)20)19-13(15)17-10-4-6-11(21-3)7-5-10/h4-7H,1-3H3,(H4,15,16,17,18,19,20)/p+1. The van der Waals surface area contributed by atoms with E-state index in [1.807, 2.05) is 24.3 Å². The Morgan fingerprint density at radius 3 is 2.57 bits per heavy atom. The lowest BCUT2D eigenvalue weighted by Crippen LogP contribution is -2.73. The highest BCUT2D eigenvalue weighted by Gasteiger charge is 2.08. The summed E-state index contributed by atoms with van der Waals surface area (Å²) in [5, 5.41) is 2.96. The van der Waals surface area contributed by atoms with Gasteiger partial charge in [0.1, 0.15) is 5.75 Å². The number of ether oxygens (including phenoxy) is 1. The summed E-state index contributed by atoms with van der Waals surface area (Å²) in [6, 6.07) is 7.27. The van der Waals surface area contributed by atoms with Gasteiger partial charge in [0.15, 0.2) is 0 Å². The Kier molecular flexibility index (Phi) is 4.22. The molecule has 0 bridgehead atoms. The van der Waals surface area contributed by atoms with Gasteiger partial charge in [0, 0.05) is 0 Å². The Hall–Kier alpha value is -2.83. The Bertz CT molecular complexity index is 719. The highest BCUT2D eigenvalue weighted by atomic mass is 16.5. The van der Waals surface area contributed by atoms with Crippen LogP contribution in [0.15, 0.2) is 29.1 Å². The molecule has 1 aromatic heterocycles. The number of hydrogen-bond acceptors (Lipinski definition) is 3. The van der Waals surface area contributed by atoms with Crippen LogP contribution in [0.1, 0.15) is 11.3 Å². The van der Waals surface area contributed by atoms with Crippen LogP contribution in [0.25, 0.3) is 0 Å². The van der Waals surface area contributed by atoms with Crippen LogP contribution >= 0.6 is 0 Å². The van der Waals surface area contributed by atoms with Crippen molar-refractivity contribution < 1.29 is 9.73 Å². The average molecular weight is 288 g/mol. The summed E-state index contributed by atoms with van der Waals surface area (Å²) >= 11 is 0. The van der Waals surface area contributed by atoms with Crippen molar-refractivity contribution in [3.63, 3.8) is 0 Å². The van der Waals surface area contributed by atoms with Crippen molar-refractivity contribution in [1.29, 1.82) is 0 Å². The van der Waals surface area contributed by atoms with Crippen LogP contribution in [0.5, 0.6) is 5.75 Å². The van der Waals surface area contributed by atoms with E-state index >= 15 is 0 Å². The summed E-state index contributed by atoms with van der Waals surface area (Å²) < 4.78 is 5.08. The van der Waals surface area contributed by atoms with Crippen molar-refractivity contribution in [3.8, 4) is 5.75 Å². The second-order valence-electron chi connectivity index (χ2n) is 4.52. The molecule has 1 aromatic carbocycles. The van der Waals surface area contributed by atoms with Gasteiger partial charge in [-0.1, -0.05) is 0 Å². The molecular weight excluding hydrogens is 270 g/mol. The zero-order chi connectivity index (χ0) is 15.4. The van der Waals surface area contributed by atoms with E-state index in [-0.39, 0.29) is 11.5 Å². The highest BCUT2D eigenvalue weighted by molar-refractivity contribution is 5.88. The van der Waals surface area contributed by atoms with Gasteiger partial charge in [0.05, 0.1) is 24.1 Å². The molecule has 0 fully saturated rings. The molecule has 0 saturated heterocycles. The molecule has 1 heterocycles. The van der Waals surface area contributed by atoms with Gasteiger partial charge >= 0.3 is 5.95 Å². The first-order valence-electron chi connectivity index (χ1n) is 6.37. The van der Waals surface area contributed by atoms with Gasteiger partial charge in [0.25, 0.3) is 11.5 Å². The van der Waals surface area contributed by atoms with Crippen molar-refractivity contribution >= 4 is 17.6 Å². The third-order valence-corrected chi connectivity index (χ3v) is 3.02. The van der Waals surface area contributed by atoms with E-state index in [2.05, 4.69) is 20.3 Å². The molecule has 0 radical (unpaired) electrons. The zero-order valence-electron chi connectivity index (χ0n) is 12.2. The summed E-state index contributed by atoms with van der Waals surface area (Å²) in [6.45, 7) is 3.48. The molecule has 0 aliphatic heterocycles. The summed E-state index contributed by atoms with van der Waals surface area (Å²) in [7, 11) is 1.60. The van der Waals surface area contributed by atoms with Crippen LogP contribution in [0, 0.1) is 13.8 Å². The lowest BCUT2D eigenvalue weighted by atomic mass is 10.3. The van der Waals surface area contributed by atoms with E-state index in [4.69, 9.17) is 10.5 Å². The van der Waals surface area contributed by atoms with Crippen LogP contribution in [-0.2, 0) is 0 Å². The first-order valence-corrected chi connectivity index (χ1v) is 6.37. The number of methoxy groups -OCH3 is 1. The number of nitrogens with one attached hydrogen (secondary N) is 3. The summed E-state index contributed by atoms with van der Waals surface area (Å²) in [4.78, 5) is 21.3. The molecule has 5 N–H and O–H groups in total. The molecule has 21 heavy (non-hydrogen) atoms. The van der Waals surface area contributed by atoms with Gasteiger partial charge in [-0.05, 0) is 38.1 Å². The lowest BCUT2D eigenvalue weighted by Gasteiger charge is -2.03. The van der Waals surface area contributed by atoms with Gasteiger partial charge in [-0.3, -0.25) is 10.1 Å². The minimum Gasteiger partial charge on any atom is -0.497 e. The van der Waals surface area contributed by atoms with Gasteiger partial charge < -0.3 is 10.5 Å². The molecule has 110 valence electrons. The molecule has 7 heteroatoms. The maximum Gasteiger partial charge on any atom is 0.325 e. The minimum atomic E-state index is -0.192. The molecular formula is C14H18N5O2+. The third kappa shape index (κ3) is 3.59. The molecule has 0 unspecified atom stereocenters. The zero-order valence-corrected chi connectivity index (χ0v) is 12.2. The fraction of sp³-hybridized carbons (Fsp3) is 0.214. The maximum absolute atomic E-state index is 11.7. The van der Waals surface area contributed by atoms with Crippen molar-refractivity contribution in [1.82, 2.24) is 9.97 Å². The molecule has 0 spiro atoms.